The summed E-state index contributed by atoms with van der Waals surface area (Å²) >= 11 is 0. The number of aromatic nitrogens is 2. The number of carbonyl (C=O) groups excluding carboxylic acids is 1. The third-order valence-electron chi connectivity index (χ3n) is 2.71. The lowest BCUT2D eigenvalue weighted by Crippen LogP contribution is -2.15. The summed E-state index contributed by atoms with van der Waals surface area (Å²) in [6.45, 7) is 1.67. The lowest BCUT2D eigenvalue weighted by Gasteiger charge is -2.11. The molecule has 0 radical (unpaired) electrons. The molecule has 0 aliphatic carbocycles. The Morgan fingerprint density at radius 1 is 1.26 bits per heavy atom. The van der Waals surface area contributed by atoms with Crippen molar-refractivity contribution in [1.29, 1.82) is 0 Å². The molecule has 0 bridgehead atoms. The second-order valence-corrected chi connectivity index (χ2v) is 4.17. The smallest absolute Gasteiger partial charge is 0.287 e. The maximum absolute atomic E-state index is 12.9. The van der Waals surface area contributed by atoms with Crippen molar-refractivity contribution in [1.82, 2.24) is 9.78 Å². The fourth-order valence-electron chi connectivity index (χ4n) is 1.89. The van der Waals surface area contributed by atoms with E-state index in [0.717, 1.165) is 6.07 Å². The van der Waals surface area contributed by atoms with Crippen LogP contribution in [0.4, 0.5) is 13.2 Å². The first kappa shape index (κ1) is 13.3. The van der Waals surface area contributed by atoms with E-state index in [4.69, 9.17) is 0 Å². The normalized spacial score (nSPS) is 11.6. The van der Waals surface area contributed by atoms with Crippen LogP contribution in [0.15, 0.2) is 30.3 Å². The van der Waals surface area contributed by atoms with Crippen molar-refractivity contribution in [2.75, 3.05) is 0 Å². The Bertz CT molecular complexity index is 629. The molecule has 2 aromatic rings. The van der Waals surface area contributed by atoms with E-state index >= 15 is 0 Å². The van der Waals surface area contributed by atoms with Crippen molar-refractivity contribution < 1.29 is 18.0 Å². The SMILES string of the molecule is Cc1cc(C(=O)c2ccccc2C(F)(F)F)n(C)n1. The van der Waals surface area contributed by atoms with Gasteiger partial charge in [-0.3, -0.25) is 9.48 Å². The first-order valence-electron chi connectivity index (χ1n) is 5.52. The molecule has 0 spiro atoms. The number of halogens is 3. The average Bonchev–Trinajstić information content (AvgIpc) is 2.66. The molecule has 1 aromatic carbocycles. The molecule has 100 valence electrons. The standard InChI is InChI=1S/C13H11F3N2O/c1-8-7-11(18(2)17-8)12(19)9-5-3-4-6-10(9)13(14,15)16/h3-7H,1-2H3. The minimum absolute atomic E-state index is 0.134. The molecule has 1 aromatic heterocycles. The van der Waals surface area contributed by atoms with Crippen molar-refractivity contribution in [3.05, 3.63) is 52.8 Å². The second-order valence-electron chi connectivity index (χ2n) is 4.17. The summed E-state index contributed by atoms with van der Waals surface area (Å²) in [5, 5.41) is 3.96. The summed E-state index contributed by atoms with van der Waals surface area (Å²) in [5.41, 5.74) is -0.582. The van der Waals surface area contributed by atoms with Crippen molar-refractivity contribution in [2.24, 2.45) is 7.05 Å². The van der Waals surface area contributed by atoms with Crippen LogP contribution >= 0.6 is 0 Å². The first-order chi connectivity index (χ1) is 8.80. The topological polar surface area (TPSA) is 34.9 Å². The number of benzene rings is 1. The molecule has 0 aliphatic rings. The quantitative estimate of drug-likeness (QED) is 0.785. The number of rotatable bonds is 2. The van der Waals surface area contributed by atoms with E-state index < -0.39 is 17.5 Å². The Morgan fingerprint density at radius 2 is 1.89 bits per heavy atom. The molecular weight excluding hydrogens is 257 g/mol. The summed E-state index contributed by atoms with van der Waals surface area (Å²) < 4.78 is 39.8. The number of carbonyl (C=O) groups is 1. The monoisotopic (exact) mass is 268 g/mol. The van der Waals surface area contributed by atoms with Crippen LogP contribution in [0.2, 0.25) is 0 Å². The average molecular weight is 268 g/mol. The lowest BCUT2D eigenvalue weighted by atomic mass is 10.0. The zero-order valence-corrected chi connectivity index (χ0v) is 10.3. The Morgan fingerprint density at radius 3 is 2.42 bits per heavy atom. The van der Waals surface area contributed by atoms with Gasteiger partial charge in [-0.2, -0.15) is 18.3 Å². The third kappa shape index (κ3) is 2.52. The van der Waals surface area contributed by atoms with Crippen LogP contribution in [-0.2, 0) is 13.2 Å². The summed E-state index contributed by atoms with van der Waals surface area (Å²) in [6.07, 6.45) is -4.56. The van der Waals surface area contributed by atoms with Gasteiger partial charge in [0.05, 0.1) is 11.3 Å². The van der Waals surface area contributed by atoms with Crippen molar-refractivity contribution in [3.63, 3.8) is 0 Å². The van der Waals surface area contributed by atoms with E-state index in [1.807, 2.05) is 0 Å². The van der Waals surface area contributed by atoms with Gasteiger partial charge in [0.25, 0.3) is 0 Å². The van der Waals surface area contributed by atoms with Gasteiger partial charge in [-0.05, 0) is 19.1 Å². The minimum Gasteiger partial charge on any atom is -0.287 e. The first-order valence-corrected chi connectivity index (χ1v) is 5.52. The third-order valence-corrected chi connectivity index (χ3v) is 2.71. The maximum Gasteiger partial charge on any atom is 0.417 e. The van der Waals surface area contributed by atoms with E-state index in [0.29, 0.717) is 5.69 Å². The van der Waals surface area contributed by atoms with Gasteiger partial charge in [0.2, 0.25) is 5.78 Å². The van der Waals surface area contributed by atoms with Crippen LogP contribution in [0.25, 0.3) is 0 Å². The van der Waals surface area contributed by atoms with Crippen molar-refractivity contribution in [3.8, 4) is 0 Å². The van der Waals surface area contributed by atoms with Crippen LogP contribution in [0.1, 0.15) is 27.3 Å². The van der Waals surface area contributed by atoms with Crippen LogP contribution in [-0.4, -0.2) is 15.6 Å². The fourth-order valence-corrected chi connectivity index (χ4v) is 1.89. The molecule has 0 atom stereocenters. The molecule has 0 saturated carbocycles. The second kappa shape index (κ2) is 4.53. The zero-order chi connectivity index (χ0) is 14.2. The van der Waals surface area contributed by atoms with E-state index in [1.165, 1.54) is 36.0 Å². The van der Waals surface area contributed by atoms with Gasteiger partial charge < -0.3 is 0 Å². The molecule has 0 amide bonds. The van der Waals surface area contributed by atoms with Crippen LogP contribution in [0, 0.1) is 6.92 Å². The number of aryl methyl sites for hydroxylation is 2. The molecule has 0 saturated heterocycles. The Hall–Kier alpha value is -2.11. The number of ketones is 1. The maximum atomic E-state index is 12.9. The fraction of sp³-hybridized carbons (Fsp3) is 0.231. The highest BCUT2D eigenvalue weighted by Crippen LogP contribution is 2.32. The Kier molecular flexibility index (Phi) is 3.18. The molecule has 3 nitrogen and oxygen atoms in total. The number of hydrogen-bond donors (Lipinski definition) is 0. The molecular formula is C13H11F3N2O. The largest absolute Gasteiger partial charge is 0.417 e. The number of hydrogen-bond acceptors (Lipinski definition) is 2. The molecule has 19 heavy (non-hydrogen) atoms. The van der Waals surface area contributed by atoms with E-state index in [2.05, 4.69) is 5.10 Å². The van der Waals surface area contributed by atoms with Gasteiger partial charge in [0, 0.05) is 12.6 Å². The molecule has 1 heterocycles. The minimum atomic E-state index is -4.56. The van der Waals surface area contributed by atoms with Crippen molar-refractivity contribution >= 4 is 5.78 Å². The van der Waals surface area contributed by atoms with Gasteiger partial charge in [-0.15, -0.1) is 0 Å². The van der Waals surface area contributed by atoms with Crippen molar-refractivity contribution in [2.45, 2.75) is 13.1 Å². The predicted octanol–water partition coefficient (Wildman–Crippen LogP) is 2.98. The van der Waals surface area contributed by atoms with E-state index in [9.17, 15) is 18.0 Å². The Labute approximate surface area is 107 Å². The highest BCUT2D eigenvalue weighted by Gasteiger charge is 2.35. The summed E-state index contributed by atoms with van der Waals surface area (Å²) in [6, 6.07) is 6.21. The molecule has 0 N–H and O–H groups in total. The number of alkyl halides is 3. The zero-order valence-electron chi connectivity index (χ0n) is 10.3. The summed E-state index contributed by atoms with van der Waals surface area (Å²) in [4.78, 5) is 12.2. The molecule has 6 heteroatoms. The molecule has 0 fully saturated rings. The highest BCUT2D eigenvalue weighted by molar-refractivity contribution is 6.09. The molecule has 0 aliphatic heterocycles. The Balaban J connectivity index is 2.54. The molecule has 2 rings (SSSR count). The van der Waals surface area contributed by atoms with Gasteiger partial charge in [0.15, 0.2) is 0 Å². The van der Waals surface area contributed by atoms with Crippen LogP contribution in [0.3, 0.4) is 0 Å². The van der Waals surface area contributed by atoms with E-state index in [-0.39, 0.29) is 11.3 Å². The predicted molar refractivity (Wildman–Crippen MR) is 62.8 cm³/mol. The van der Waals surface area contributed by atoms with Gasteiger partial charge >= 0.3 is 6.18 Å². The highest BCUT2D eigenvalue weighted by atomic mass is 19.4. The summed E-state index contributed by atoms with van der Waals surface area (Å²) in [5.74, 6) is -0.684. The van der Waals surface area contributed by atoms with Gasteiger partial charge in [-0.25, -0.2) is 0 Å². The summed E-state index contributed by atoms with van der Waals surface area (Å²) in [7, 11) is 1.52. The lowest BCUT2D eigenvalue weighted by molar-refractivity contribution is -0.137. The molecule has 0 unspecified atom stereocenters. The van der Waals surface area contributed by atoms with Crippen LogP contribution in [0.5, 0.6) is 0 Å². The van der Waals surface area contributed by atoms with E-state index in [1.54, 1.807) is 6.92 Å². The van der Waals surface area contributed by atoms with Gasteiger partial charge in [-0.1, -0.05) is 18.2 Å². The van der Waals surface area contributed by atoms with Gasteiger partial charge in [0.1, 0.15) is 5.69 Å². The van der Waals surface area contributed by atoms with Crippen LogP contribution < -0.4 is 0 Å². The number of nitrogens with zero attached hydrogens (tertiary/aromatic N) is 2.